The van der Waals surface area contributed by atoms with E-state index in [9.17, 15) is 4.79 Å². The lowest BCUT2D eigenvalue weighted by atomic mass is 9.92. The Kier molecular flexibility index (Phi) is 7.65. The van der Waals surface area contributed by atoms with Crippen molar-refractivity contribution in [1.82, 2.24) is 9.97 Å². The molecular weight excluding hydrogens is 494 g/mol. The van der Waals surface area contributed by atoms with Crippen LogP contribution in [0, 0.1) is 12.8 Å². The van der Waals surface area contributed by atoms with Crippen molar-refractivity contribution in [2.24, 2.45) is 5.92 Å². The van der Waals surface area contributed by atoms with Gasteiger partial charge in [0.2, 0.25) is 0 Å². The molecule has 0 unspecified atom stereocenters. The maximum Gasteiger partial charge on any atom is 0.361 e. The molecule has 0 spiro atoms. The van der Waals surface area contributed by atoms with Crippen molar-refractivity contribution in [3.05, 3.63) is 82.8 Å². The molecule has 38 heavy (non-hydrogen) atoms. The van der Waals surface area contributed by atoms with Crippen LogP contribution in [0.1, 0.15) is 61.2 Å². The third-order valence-corrected chi connectivity index (χ3v) is 7.68. The number of rotatable bonds is 7. The third-order valence-electron chi connectivity index (χ3n) is 6.79. The Hall–Kier alpha value is -3.45. The highest BCUT2D eigenvalue weighted by molar-refractivity contribution is 7.17. The average molecular weight is 530 g/mol. The van der Waals surface area contributed by atoms with Crippen LogP contribution in [0.25, 0.3) is 10.1 Å². The van der Waals surface area contributed by atoms with E-state index in [0.29, 0.717) is 29.8 Å². The Morgan fingerprint density at radius 1 is 1.05 bits per heavy atom. The smallest absolute Gasteiger partial charge is 0.361 e. The second-order valence-corrected chi connectivity index (χ2v) is 11.9. The fourth-order valence-corrected chi connectivity index (χ4v) is 5.65. The van der Waals surface area contributed by atoms with Crippen molar-refractivity contribution in [3.8, 4) is 5.75 Å². The second-order valence-electron chi connectivity index (χ2n) is 11.0. The van der Waals surface area contributed by atoms with Crippen LogP contribution in [0.5, 0.6) is 5.75 Å². The molecular formula is C31H35N3O3S. The van der Waals surface area contributed by atoms with Gasteiger partial charge in [-0.05, 0) is 87.0 Å². The molecule has 2 aromatic carbocycles. The minimum atomic E-state index is -0.633. The lowest BCUT2D eigenvalue weighted by Gasteiger charge is -2.33. The highest BCUT2D eigenvalue weighted by atomic mass is 32.1. The van der Waals surface area contributed by atoms with Crippen molar-refractivity contribution in [2.45, 2.75) is 59.2 Å². The van der Waals surface area contributed by atoms with Gasteiger partial charge in [-0.25, -0.2) is 14.8 Å². The topological polar surface area (TPSA) is 64.6 Å². The zero-order chi connectivity index (χ0) is 26.7. The van der Waals surface area contributed by atoms with Crippen molar-refractivity contribution in [1.29, 1.82) is 0 Å². The summed E-state index contributed by atoms with van der Waals surface area (Å²) in [5.41, 5.74) is 2.53. The van der Waals surface area contributed by atoms with Crippen molar-refractivity contribution < 1.29 is 14.3 Å². The molecule has 1 fully saturated rings. The van der Waals surface area contributed by atoms with Gasteiger partial charge in [0.05, 0.1) is 5.69 Å². The maximum atomic E-state index is 13.2. The number of ether oxygens (including phenoxy) is 2. The first-order chi connectivity index (χ1) is 18.2. The maximum absolute atomic E-state index is 13.2. The SMILES string of the molecule is Cc1nc(CC2CCN(c3ccc4sccc4c3)CC2)nc(C(=O)OC(C)(C)C)c1OCc1ccccc1. The summed E-state index contributed by atoms with van der Waals surface area (Å²) < 4.78 is 13.1. The minimum Gasteiger partial charge on any atom is -0.484 e. The summed E-state index contributed by atoms with van der Waals surface area (Å²) in [4.78, 5) is 25.1. The molecule has 4 aromatic rings. The largest absolute Gasteiger partial charge is 0.484 e. The Bertz CT molecular complexity index is 1400. The molecule has 3 heterocycles. The van der Waals surface area contributed by atoms with Crippen LogP contribution in [-0.2, 0) is 17.8 Å². The van der Waals surface area contributed by atoms with E-state index in [1.54, 1.807) is 11.3 Å². The van der Waals surface area contributed by atoms with Crippen LogP contribution in [0.15, 0.2) is 60.0 Å². The lowest BCUT2D eigenvalue weighted by molar-refractivity contribution is 0.00572. The van der Waals surface area contributed by atoms with Gasteiger partial charge < -0.3 is 14.4 Å². The summed E-state index contributed by atoms with van der Waals surface area (Å²) in [7, 11) is 0. The van der Waals surface area contributed by atoms with Gasteiger partial charge in [0, 0.05) is 29.9 Å². The standard InChI is InChI=1S/C31H35N3O3S/c1-21-29(36-20-23-8-6-5-7-9-23)28(30(35)37-31(2,3)4)33-27(32-21)18-22-12-15-34(16-13-22)25-10-11-26-24(19-25)14-17-38-26/h5-11,14,17,19,22H,12-13,15-16,18,20H2,1-4H3. The number of hydrogen-bond donors (Lipinski definition) is 0. The summed E-state index contributed by atoms with van der Waals surface area (Å²) >= 11 is 1.78. The van der Waals surface area contributed by atoms with Crippen molar-refractivity contribution >= 4 is 33.1 Å². The first kappa shape index (κ1) is 26.2. The average Bonchev–Trinajstić information content (AvgIpc) is 3.36. The van der Waals surface area contributed by atoms with Crippen molar-refractivity contribution in [3.63, 3.8) is 0 Å². The number of hydrogen-bond acceptors (Lipinski definition) is 7. The Labute approximate surface area is 228 Å². The molecule has 0 bridgehead atoms. The molecule has 1 aliphatic heterocycles. The second kappa shape index (κ2) is 11.1. The van der Waals surface area contributed by atoms with E-state index < -0.39 is 11.6 Å². The summed E-state index contributed by atoms with van der Waals surface area (Å²) in [5.74, 6) is 1.04. The molecule has 7 heteroatoms. The van der Waals surface area contributed by atoms with E-state index >= 15 is 0 Å². The summed E-state index contributed by atoms with van der Waals surface area (Å²) in [6.45, 7) is 9.77. The number of benzene rings is 2. The number of fused-ring (bicyclic) bond motifs is 1. The summed E-state index contributed by atoms with van der Waals surface area (Å²) in [5, 5.41) is 3.45. The van der Waals surface area contributed by atoms with Crippen LogP contribution in [-0.4, -0.2) is 34.6 Å². The van der Waals surface area contributed by atoms with E-state index in [-0.39, 0.29) is 5.69 Å². The predicted octanol–water partition coefficient (Wildman–Crippen LogP) is 6.99. The lowest BCUT2D eigenvalue weighted by Crippen LogP contribution is -2.34. The fourth-order valence-electron chi connectivity index (χ4n) is 4.88. The highest BCUT2D eigenvalue weighted by Gasteiger charge is 2.27. The first-order valence-corrected chi connectivity index (χ1v) is 14.1. The Morgan fingerprint density at radius 2 is 1.82 bits per heavy atom. The van der Waals surface area contributed by atoms with Crippen LogP contribution >= 0.6 is 11.3 Å². The summed E-state index contributed by atoms with van der Waals surface area (Å²) in [6, 6.07) is 18.8. The van der Waals surface area contributed by atoms with Gasteiger partial charge in [0.15, 0.2) is 11.4 Å². The molecule has 0 amide bonds. The van der Waals surface area contributed by atoms with Gasteiger partial charge in [-0.2, -0.15) is 0 Å². The molecule has 0 saturated carbocycles. The predicted molar refractivity (Wildman–Crippen MR) is 153 cm³/mol. The molecule has 5 rings (SSSR count). The quantitative estimate of drug-likeness (QED) is 0.240. The van der Waals surface area contributed by atoms with Gasteiger partial charge in [0.1, 0.15) is 18.0 Å². The normalized spacial score (nSPS) is 14.6. The Balaban J connectivity index is 1.30. The number of anilines is 1. The van der Waals surface area contributed by atoms with Crippen LogP contribution in [0.2, 0.25) is 0 Å². The van der Waals surface area contributed by atoms with Gasteiger partial charge in [-0.15, -0.1) is 11.3 Å². The number of thiophene rings is 1. The number of esters is 1. The molecule has 0 atom stereocenters. The van der Waals surface area contributed by atoms with E-state index in [2.05, 4.69) is 34.5 Å². The van der Waals surface area contributed by atoms with Crippen LogP contribution in [0.4, 0.5) is 5.69 Å². The minimum absolute atomic E-state index is 0.208. The molecule has 6 nitrogen and oxygen atoms in total. The highest BCUT2D eigenvalue weighted by Crippen LogP contribution is 2.31. The summed E-state index contributed by atoms with van der Waals surface area (Å²) in [6.07, 6.45) is 2.84. The number of carbonyl (C=O) groups is 1. The zero-order valence-corrected chi connectivity index (χ0v) is 23.4. The van der Waals surface area contributed by atoms with Crippen LogP contribution < -0.4 is 9.64 Å². The monoisotopic (exact) mass is 529 g/mol. The van der Waals surface area contributed by atoms with E-state index in [1.807, 2.05) is 58.0 Å². The van der Waals surface area contributed by atoms with E-state index in [1.165, 1.54) is 15.8 Å². The molecule has 1 saturated heterocycles. The van der Waals surface area contributed by atoms with Gasteiger partial charge >= 0.3 is 5.97 Å². The van der Waals surface area contributed by atoms with Gasteiger partial charge in [0.25, 0.3) is 0 Å². The molecule has 1 aliphatic rings. The molecule has 2 aromatic heterocycles. The number of carbonyl (C=O) groups excluding carboxylic acids is 1. The van der Waals surface area contributed by atoms with Gasteiger partial charge in [-0.1, -0.05) is 30.3 Å². The van der Waals surface area contributed by atoms with E-state index in [0.717, 1.165) is 37.9 Å². The zero-order valence-electron chi connectivity index (χ0n) is 22.6. The molecule has 0 radical (unpaired) electrons. The fraction of sp³-hybridized carbons (Fsp3) is 0.387. The number of piperidine rings is 1. The Morgan fingerprint density at radius 3 is 2.55 bits per heavy atom. The molecule has 198 valence electrons. The van der Waals surface area contributed by atoms with Crippen molar-refractivity contribution in [2.75, 3.05) is 18.0 Å². The number of aryl methyl sites for hydroxylation is 1. The van der Waals surface area contributed by atoms with E-state index in [4.69, 9.17) is 19.4 Å². The number of nitrogens with zero attached hydrogens (tertiary/aromatic N) is 3. The number of aromatic nitrogens is 2. The molecule has 0 aliphatic carbocycles. The first-order valence-electron chi connectivity index (χ1n) is 13.2. The van der Waals surface area contributed by atoms with Gasteiger partial charge in [-0.3, -0.25) is 0 Å². The van der Waals surface area contributed by atoms with Crippen LogP contribution in [0.3, 0.4) is 0 Å². The molecule has 0 N–H and O–H groups in total. The third kappa shape index (κ3) is 6.33.